The van der Waals surface area contributed by atoms with Gasteiger partial charge in [-0.05, 0) is 58.8 Å². The van der Waals surface area contributed by atoms with E-state index >= 15 is 0 Å². The van der Waals surface area contributed by atoms with Crippen LogP contribution in [-0.2, 0) is 33.7 Å². The number of halogens is 1. The molecule has 0 spiro atoms. The van der Waals surface area contributed by atoms with Crippen molar-refractivity contribution in [3.8, 4) is 5.69 Å². The van der Waals surface area contributed by atoms with Gasteiger partial charge in [0.1, 0.15) is 18.6 Å². The van der Waals surface area contributed by atoms with Gasteiger partial charge in [0.25, 0.3) is 5.56 Å². The number of carbonyl (C=O) groups is 1. The summed E-state index contributed by atoms with van der Waals surface area (Å²) in [6.07, 6.45) is 1.42. The minimum atomic E-state index is -3.84. The molecular formula is C23H22ClN7O4S. The third-order valence-electron chi connectivity index (χ3n) is 5.27. The number of pyridine rings is 1. The summed E-state index contributed by atoms with van der Waals surface area (Å²) in [7, 11) is -3.84. The van der Waals surface area contributed by atoms with Gasteiger partial charge in [-0.2, -0.15) is 0 Å². The Bertz CT molecular complexity index is 1540. The molecule has 0 atom stereocenters. The van der Waals surface area contributed by atoms with E-state index in [1.807, 2.05) is 0 Å². The molecule has 4 rings (SSSR count). The Kier molecular flexibility index (Phi) is 7.46. The minimum absolute atomic E-state index is 0.103. The van der Waals surface area contributed by atoms with Crippen LogP contribution in [0.25, 0.3) is 5.69 Å². The molecule has 0 aliphatic rings. The Morgan fingerprint density at radius 2 is 1.86 bits per heavy atom. The normalized spacial score (nSPS) is 11.3. The maximum absolute atomic E-state index is 13.0. The summed E-state index contributed by atoms with van der Waals surface area (Å²) in [5.41, 5.74) is 1.61. The average Bonchev–Trinajstić information content (AvgIpc) is 3.37. The zero-order valence-corrected chi connectivity index (χ0v) is 20.7. The Labute approximate surface area is 211 Å². The number of amides is 1. The van der Waals surface area contributed by atoms with Crippen molar-refractivity contribution < 1.29 is 13.2 Å². The van der Waals surface area contributed by atoms with Crippen LogP contribution in [0.15, 0.2) is 71.8 Å². The number of rotatable bonds is 9. The zero-order valence-electron chi connectivity index (χ0n) is 19.1. The highest BCUT2D eigenvalue weighted by Gasteiger charge is 2.17. The molecule has 0 unspecified atom stereocenters. The van der Waals surface area contributed by atoms with Crippen LogP contribution in [-0.4, -0.2) is 39.1 Å². The molecule has 36 heavy (non-hydrogen) atoms. The molecule has 0 bridgehead atoms. The molecule has 0 fully saturated rings. The van der Waals surface area contributed by atoms with Gasteiger partial charge in [0.05, 0.1) is 11.4 Å². The number of tetrazole rings is 1. The SMILES string of the molecule is Cc1ccc(NS(=O)(=O)Cc2ccccc2)c(=O)n1CC(=O)NCc1cc(Cl)ccc1-n1cnnn1. The van der Waals surface area contributed by atoms with E-state index in [0.29, 0.717) is 27.5 Å². The van der Waals surface area contributed by atoms with Crippen LogP contribution in [0.2, 0.25) is 5.02 Å². The lowest BCUT2D eigenvalue weighted by molar-refractivity contribution is -0.121. The van der Waals surface area contributed by atoms with Crippen LogP contribution in [0, 0.1) is 6.92 Å². The van der Waals surface area contributed by atoms with Gasteiger partial charge in [0.15, 0.2) is 0 Å². The summed E-state index contributed by atoms with van der Waals surface area (Å²) in [4.78, 5) is 25.7. The third kappa shape index (κ3) is 6.15. The van der Waals surface area contributed by atoms with Crippen molar-refractivity contribution >= 4 is 33.2 Å². The molecule has 2 N–H and O–H groups in total. The highest BCUT2D eigenvalue weighted by Crippen LogP contribution is 2.19. The molecule has 2 aromatic heterocycles. The summed E-state index contributed by atoms with van der Waals surface area (Å²) in [5, 5.41) is 14.3. The van der Waals surface area contributed by atoms with Crippen molar-refractivity contribution in [3.63, 3.8) is 0 Å². The molecule has 0 saturated heterocycles. The lowest BCUT2D eigenvalue weighted by Gasteiger charge is -2.14. The summed E-state index contributed by atoms with van der Waals surface area (Å²) >= 11 is 6.11. The van der Waals surface area contributed by atoms with E-state index < -0.39 is 21.5 Å². The number of hydrogen-bond donors (Lipinski definition) is 2. The Morgan fingerprint density at radius 1 is 1.08 bits per heavy atom. The largest absolute Gasteiger partial charge is 0.350 e. The molecule has 0 aliphatic heterocycles. The van der Waals surface area contributed by atoms with Gasteiger partial charge in [-0.3, -0.25) is 14.3 Å². The number of anilines is 1. The smallest absolute Gasteiger partial charge is 0.275 e. The molecule has 0 aliphatic carbocycles. The first-order valence-corrected chi connectivity index (χ1v) is 12.8. The van der Waals surface area contributed by atoms with Crippen molar-refractivity contribution in [2.24, 2.45) is 0 Å². The Balaban J connectivity index is 1.47. The first-order chi connectivity index (χ1) is 17.2. The molecule has 4 aromatic rings. The third-order valence-corrected chi connectivity index (χ3v) is 6.75. The van der Waals surface area contributed by atoms with Gasteiger partial charge in [0, 0.05) is 17.3 Å². The van der Waals surface area contributed by atoms with Crippen molar-refractivity contribution in [1.29, 1.82) is 0 Å². The first-order valence-electron chi connectivity index (χ1n) is 10.8. The number of hydrogen-bond acceptors (Lipinski definition) is 7. The molecule has 186 valence electrons. The van der Waals surface area contributed by atoms with Crippen molar-refractivity contribution in [2.45, 2.75) is 25.8 Å². The number of aromatic nitrogens is 5. The highest BCUT2D eigenvalue weighted by atomic mass is 35.5. The number of aryl methyl sites for hydroxylation is 1. The molecular weight excluding hydrogens is 506 g/mol. The quantitative estimate of drug-likeness (QED) is 0.339. The van der Waals surface area contributed by atoms with Gasteiger partial charge in [-0.25, -0.2) is 13.1 Å². The van der Waals surface area contributed by atoms with E-state index in [4.69, 9.17) is 11.6 Å². The molecule has 0 radical (unpaired) electrons. The van der Waals surface area contributed by atoms with Crippen LogP contribution in [0.3, 0.4) is 0 Å². The van der Waals surface area contributed by atoms with Crippen LogP contribution in [0.5, 0.6) is 0 Å². The van der Waals surface area contributed by atoms with E-state index in [9.17, 15) is 18.0 Å². The fraction of sp³-hybridized carbons (Fsp3) is 0.174. The number of benzene rings is 2. The average molecular weight is 528 g/mol. The highest BCUT2D eigenvalue weighted by molar-refractivity contribution is 7.91. The lowest BCUT2D eigenvalue weighted by atomic mass is 10.1. The molecule has 2 aromatic carbocycles. The minimum Gasteiger partial charge on any atom is -0.350 e. The Morgan fingerprint density at radius 3 is 2.58 bits per heavy atom. The number of sulfonamides is 1. The number of carbonyl (C=O) groups excluding carboxylic acids is 1. The second kappa shape index (κ2) is 10.7. The monoisotopic (exact) mass is 527 g/mol. The van der Waals surface area contributed by atoms with Crippen LogP contribution < -0.4 is 15.6 Å². The van der Waals surface area contributed by atoms with Gasteiger partial charge < -0.3 is 9.88 Å². The van der Waals surface area contributed by atoms with E-state index in [1.54, 1.807) is 61.5 Å². The lowest BCUT2D eigenvalue weighted by Crippen LogP contribution is -2.34. The fourth-order valence-corrected chi connectivity index (χ4v) is 4.91. The van der Waals surface area contributed by atoms with Crippen molar-refractivity contribution in [3.05, 3.63) is 99.2 Å². The predicted molar refractivity (Wildman–Crippen MR) is 134 cm³/mol. The maximum atomic E-state index is 13.0. The van der Waals surface area contributed by atoms with Crippen molar-refractivity contribution in [1.82, 2.24) is 30.1 Å². The summed E-state index contributed by atoms with van der Waals surface area (Å²) in [5.74, 6) is -0.739. The molecule has 13 heteroatoms. The second-order valence-corrected chi connectivity index (χ2v) is 10.1. The van der Waals surface area contributed by atoms with Crippen molar-refractivity contribution in [2.75, 3.05) is 4.72 Å². The van der Waals surface area contributed by atoms with Crippen LogP contribution in [0.1, 0.15) is 16.8 Å². The summed E-state index contributed by atoms with van der Waals surface area (Å²) < 4.78 is 30.2. The standard InChI is InChI=1S/C23H22ClN7O4S/c1-16-7-9-20(27-36(34,35)14-17-5-3-2-4-6-17)23(33)30(16)13-22(32)25-12-18-11-19(24)8-10-21(18)31-15-26-28-29-31/h2-11,15,27H,12-14H2,1H3,(H,25,32). The molecule has 0 saturated carbocycles. The number of nitrogens with zero attached hydrogens (tertiary/aromatic N) is 5. The van der Waals surface area contributed by atoms with Crippen LogP contribution in [0.4, 0.5) is 5.69 Å². The predicted octanol–water partition coefficient (Wildman–Crippen LogP) is 2.04. The molecule has 11 nitrogen and oxygen atoms in total. The van der Waals surface area contributed by atoms with E-state index in [-0.39, 0.29) is 24.5 Å². The van der Waals surface area contributed by atoms with Gasteiger partial charge in [-0.1, -0.05) is 41.9 Å². The number of nitrogens with one attached hydrogen (secondary N) is 2. The molecule has 1 amide bonds. The van der Waals surface area contributed by atoms with E-state index in [0.717, 1.165) is 0 Å². The van der Waals surface area contributed by atoms with E-state index in [2.05, 4.69) is 25.6 Å². The summed E-state index contributed by atoms with van der Waals surface area (Å²) in [6, 6.07) is 16.7. The zero-order chi connectivity index (χ0) is 25.7. The summed E-state index contributed by atoms with van der Waals surface area (Å²) in [6.45, 7) is 1.45. The topological polar surface area (TPSA) is 141 Å². The second-order valence-electron chi connectivity index (χ2n) is 7.93. The van der Waals surface area contributed by atoms with E-state index in [1.165, 1.54) is 21.6 Å². The Hall–Kier alpha value is -4.03. The van der Waals surface area contributed by atoms with Crippen LogP contribution >= 0.6 is 11.6 Å². The van der Waals surface area contributed by atoms with Gasteiger partial charge in [0.2, 0.25) is 15.9 Å². The fourth-order valence-electron chi connectivity index (χ4n) is 3.53. The first kappa shape index (κ1) is 25.1. The molecule has 2 heterocycles. The van der Waals surface area contributed by atoms with Gasteiger partial charge in [-0.15, -0.1) is 5.10 Å². The maximum Gasteiger partial charge on any atom is 0.275 e. The van der Waals surface area contributed by atoms with Gasteiger partial charge >= 0.3 is 0 Å².